The van der Waals surface area contributed by atoms with Gasteiger partial charge in [0.25, 0.3) is 0 Å². The maximum atomic E-state index is 5.98. The largest absolute Gasteiger partial charge is 0.492 e. The molecule has 2 unspecified atom stereocenters. The predicted molar refractivity (Wildman–Crippen MR) is 122 cm³/mol. The van der Waals surface area contributed by atoms with E-state index < -0.39 is 0 Å². The van der Waals surface area contributed by atoms with E-state index in [0.29, 0.717) is 24.6 Å². The Morgan fingerprint density at radius 3 is 2.77 bits per heavy atom. The molecule has 0 radical (unpaired) electrons. The third-order valence-corrected chi connectivity index (χ3v) is 6.05. The summed E-state index contributed by atoms with van der Waals surface area (Å²) in [7, 11) is 1.83. The minimum atomic E-state index is 0.424. The first-order valence-corrected chi connectivity index (χ1v) is 11.3. The van der Waals surface area contributed by atoms with Crippen molar-refractivity contribution in [1.82, 2.24) is 20.4 Å². The standard InChI is InChI=1S/C23H39N5O2/c1-18(2)28-16-19(3)22(17-28)26-23(24-4)25-15-20-6-5-7-21(14-20)30-13-10-27-8-11-29-12-9-27/h5-7,14,18-19,22H,8-13,15-17H2,1-4H3,(H2,24,25,26). The number of nitrogens with one attached hydrogen (secondary N) is 2. The van der Waals surface area contributed by atoms with E-state index in [-0.39, 0.29) is 0 Å². The zero-order valence-electron chi connectivity index (χ0n) is 19.1. The summed E-state index contributed by atoms with van der Waals surface area (Å²) in [5.41, 5.74) is 1.19. The SMILES string of the molecule is CN=C(NCc1cccc(OCCN2CCOCC2)c1)NC1CN(C(C)C)CC1C. The number of rotatable bonds is 8. The summed E-state index contributed by atoms with van der Waals surface area (Å²) < 4.78 is 11.4. The Bertz CT molecular complexity index is 675. The zero-order chi connectivity index (χ0) is 21.3. The van der Waals surface area contributed by atoms with Crippen LogP contribution in [0.1, 0.15) is 26.3 Å². The number of benzene rings is 1. The lowest BCUT2D eigenvalue weighted by atomic mass is 10.1. The molecular weight excluding hydrogens is 378 g/mol. The van der Waals surface area contributed by atoms with Gasteiger partial charge in [-0.15, -0.1) is 0 Å². The van der Waals surface area contributed by atoms with E-state index in [0.717, 1.165) is 64.2 Å². The molecule has 0 spiro atoms. The van der Waals surface area contributed by atoms with Crippen molar-refractivity contribution in [1.29, 1.82) is 0 Å². The molecule has 2 aliphatic heterocycles. The molecule has 0 saturated carbocycles. The van der Waals surface area contributed by atoms with Crippen molar-refractivity contribution in [3.8, 4) is 5.75 Å². The van der Waals surface area contributed by atoms with Gasteiger partial charge in [0, 0.05) is 58.4 Å². The fourth-order valence-corrected chi connectivity index (χ4v) is 4.03. The van der Waals surface area contributed by atoms with Crippen molar-refractivity contribution in [3.63, 3.8) is 0 Å². The van der Waals surface area contributed by atoms with Crippen LogP contribution in [-0.4, -0.2) is 87.4 Å². The molecule has 2 saturated heterocycles. The van der Waals surface area contributed by atoms with Crippen LogP contribution in [0.4, 0.5) is 0 Å². The number of guanidine groups is 1. The first-order chi connectivity index (χ1) is 14.5. The van der Waals surface area contributed by atoms with Gasteiger partial charge in [-0.1, -0.05) is 19.1 Å². The molecular formula is C23H39N5O2. The van der Waals surface area contributed by atoms with Gasteiger partial charge in [-0.2, -0.15) is 0 Å². The maximum absolute atomic E-state index is 5.98. The van der Waals surface area contributed by atoms with Crippen LogP contribution in [0.5, 0.6) is 5.75 Å². The van der Waals surface area contributed by atoms with Gasteiger partial charge in [0.2, 0.25) is 0 Å². The highest BCUT2D eigenvalue weighted by Gasteiger charge is 2.31. The number of morpholine rings is 1. The molecule has 0 amide bonds. The third-order valence-electron chi connectivity index (χ3n) is 6.05. The van der Waals surface area contributed by atoms with E-state index in [1.54, 1.807) is 0 Å². The third kappa shape index (κ3) is 6.86. The molecule has 0 aliphatic carbocycles. The number of hydrogen-bond acceptors (Lipinski definition) is 5. The van der Waals surface area contributed by atoms with E-state index in [1.165, 1.54) is 5.56 Å². The van der Waals surface area contributed by atoms with Crippen LogP contribution in [0.2, 0.25) is 0 Å². The lowest BCUT2D eigenvalue weighted by molar-refractivity contribution is 0.0322. The highest BCUT2D eigenvalue weighted by Crippen LogP contribution is 2.18. The molecule has 30 heavy (non-hydrogen) atoms. The summed E-state index contributed by atoms with van der Waals surface area (Å²) in [5, 5.41) is 7.06. The Morgan fingerprint density at radius 2 is 2.07 bits per heavy atom. The Kier molecular flexibility index (Phi) is 8.78. The Balaban J connectivity index is 1.43. The lowest BCUT2D eigenvalue weighted by Gasteiger charge is -2.26. The number of hydrogen-bond donors (Lipinski definition) is 2. The quantitative estimate of drug-likeness (QED) is 0.497. The minimum absolute atomic E-state index is 0.424. The second-order valence-corrected chi connectivity index (χ2v) is 8.65. The smallest absolute Gasteiger partial charge is 0.191 e. The molecule has 2 N–H and O–H groups in total. The second kappa shape index (κ2) is 11.5. The van der Waals surface area contributed by atoms with Gasteiger partial charge in [-0.25, -0.2) is 0 Å². The molecule has 0 bridgehead atoms. The average Bonchev–Trinajstić information content (AvgIpc) is 3.13. The van der Waals surface area contributed by atoms with Crippen molar-refractivity contribution in [2.75, 3.05) is 59.6 Å². The number of nitrogens with zero attached hydrogens (tertiary/aromatic N) is 3. The Hall–Kier alpha value is -1.83. The summed E-state index contributed by atoms with van der Waals surface area (Å²) in [5.74, 6) is 2.38. The fraction of sp³-hybridized carbons (Fsp3) is 0.696. The van der Waals surface area contributed by atoms with Crippen LogP contribution in [0, 0.1) is 5.92 Å². The molecule has 2 atom stereocenters. The molecule has 1 aromatic carbocycles. The number of ether oxygens (including phenoxy) is 2. The monoisotopic (exact) mass is 417 g/mol. The predicted octanol–water partition coefficient (Wildman–Crippen LogP) is 1.79. The normalized spacial score (nSPS) is 23.7. The molecule has 2 fully saturated rings. The van der Waals surface area contributed by atoms with E-state index >= 15 is 0 Å². The average molecular weight is 418 g/mol. The van der Waals surface area contributed by atoms with Gasteiger partial charge in [-0.3, -0.25) is 14.8 Å². The summed E-state index contributed by atoms with van der Waals surface area (Å²) >= 11 is 0. The molecule has 0 aromatic heterocycles. The van der Waals surface area contributed by atoms with Crippen LogP contribution in [0.3, 0.4) is 0 Å². The summed E-state index contributed by atoms with van der Waals surface area (Å²) in [6.45, 7) is 15.0. The van der Waals surface area contributed by atoms with E-state index in [2.05, 4.69) is 64.4 Å². The molecule has 7 nitrogen and oxygen atoms in total. The molecule has 168 valence electrons. The first-order valence-electron chi connectivity index (χ1n) is 11.3. The minimum Gasteiger partial charge on any atom is -0.492 e. The van der Waals surface area contributed by atoms with E-state index in [4.69, 9.17) is 9.47 Å². The Labute approximate surface area is 181 Å². The van der Waals surface area contributed by atoms with E-state index in [1.807, 2.05) is 13.1 Å². The molecule has 2 aliphatic rings. The highest BCUT2D eigenvalue weighted by atomic mass is 16.5. The fourth-order valence-electron chi connectivity index (χ4n) is 4.03. The van der Waals surface area contributed by atoms with Crippen LogP contribution < -0.4 is 15.4 Å². The van der Waals surface area contributed by atoms with Gasteiger partial charge < -0.3 is 20.1 Å². The second-order valence-electron chi connectivity index (χ2n) is 8.65. The van der Waals surface area contributed by atoms with Gasteiger partial charge >= 0.3 is 0 Å². The number of aliphatic imine (C=N–C) groups is 1. The lowest BCUT2D eigenvalue weighted by Crippen LogP contribution is -2.46. The van der Waals surface area contributed by atoms with Gasteiger partial charge in [0.15, 0.2) is 5.96 Å². The summed E-state index contributed by atoms with van der Waals surface area (Å²) in [6, 6.07) is 9.31. The van der Waals surface area contributed by atoms with Gasteiger partial charge in [0.1, 0.15) is 12.4 Å². The summed E-state index contributed by atoms with van der Waals surface area (Å²) in [4.78, 5) is 9.33. The van der Waals surface area contributed by atoms with Crippen LogP contribution in [0.25, 0.3) is 0 Å². The topological polar surface area (TPSA) is 61.4 Å². The van der Waals surface area contributed by atoms with Crippen molar-refractivity contribution in [2.45, 2.75) is 39.4 Å². The highest BCUT2D eigenvalue weighted by molar-refractivity contribution is 5.80. The van der Waals surface area contributed by atoms with Crippen LogP contribution in [-0.2, 0) is 11.3 Å². The molecule has 3 rings (SSSR count). The van der Waals surface area contributed by atoms with Crippen molar-refractivity contribution in [2.24, 2.45) is 10.9 Å². The van der Waals surface area contributed by atoms with Crippen molar-refractivity contribution >= 4 is 5.96 Å². The van der Waals surface area contributed by atoms with Crippen LogP contribution >= 0.6 is 0 Å². The van der Waals surface area contributed by atoms with Crippen molar-refractivity contribution in [3.05, 3.63) is 29.8 Å². The molecule has 2 heterocycles. The zero-order valence-corrected chi connectivity index (χ0v) is 19.1. The van der Waals surface area contributed by atoms with Crippen LogP contribution in [0.15, 0.2) is 29.3 Å². The molecule has 7 heteroatoms. The van der Waals surface area contributed by atoms with Gasteiger partial charge in [0.05, 0.1) is 13.2 Å². The van der Waals surface area contributed by atoms with Gasteiger partial charge in [-0.05, 0) is 37.5 Å². The van der Waals surface area contributed by atoms with Crippen molar-refractivity contribution < 1.29 is 9.47 Å². The summed E-state index contributed by atoms with van der Waals surface area (Å²) in [6.07, 6.45) is 0. The molecule has 1 aromatic rings. The number of likely N-dealkylation sites (tertiary alicyclic amines) is 1. The van der Waals surface area contributed by atoms with E-state index in [9.17, 15) is 0 Å². The first kappa shape index (κ1) is 22.8. The maximum Gasteiger partial charge on any atom is 0.191 e. The Morgan fingerprint density at radius 1 is 1.27 bits per heavy atom.